The van der Waals surface area contributed by atoms with Gasteiger partial charge in [0.2, 0.25) is 10.0 Å². The molecule has 2 aliphatic heterocycles. The fraction of sp³-hybridized carbons (Fsp3) is 0.588. The monoisotopic (exact) mass is 352 g/mol. The quantitative estimate of drug-likeness (QED) is 0.896. The van der Waals surface area contributed by atoms with E-state index in [4.69, 9.17) is 0 Å². The third-order valence-electron chi connectivity index (χ3n) is 5.16. The number of likely N-dealkylation sites (tertiary alicyclic amines) is 1. The van der Waals surface area contributed by atoms with Gasteiger partial charge in [-0.15, -0.1) is 0 Å². The van der Waals surface area contributed by atoms with Crippen LogP contribution in [-0.4, -0.2) is 60.9 Å². The number of rotatable bonds is 4. The van der Waals surface area contributed by atoms with E-state index in [9.17, 15) is 18.3 Å². The van der Waals surface area contributed by atoms with Crippen LogP contribution in [0, 0.1) is 6.92 Å². The lowest BCUT2D eigenvalue weighted by Crippen LogP contribution is -2.45. The molecule has 2 fully saturated rings. The van der Waals surface area contributed by atoms with Crippen molar-refractivity contribution in [2.75, 3.05) is 26.2 Å². The Hall–Kier alpha value is -1.44. The van der Waals surface area contributed by atoms with Crippen LogP contribution in [0.3, 0.4) is 0 Å². The predicted octanol–water partition coefficient (Wildman–Crippen LogP) is 1.94. The van der Waals surface area contributed by atoms with Crippen molar-refractivity contribution < 1.29 is 18.3 Å². The van der Waals surface area contributed by atoms with Crippen molar-refractivity contribution in [1.29, 1.82) is 0 Å². The van der Waals surface area contributed by atoms with Gasteiger partial charge in [0.15, 0.2) is 0 Å². The largest absolute Gasteiger partial charge is 0.478 e. The van der Waals surface area contributed by atoms with Gasteiger partial charge < -0.3 is 10.0 Å². The highest BCUT2D eigenvalue weighted by atomic mass is 32.2. The maximum Gasteiger partial charge on any atom is 0.335 e. The second-order valence-electron chi connectivity index (χ2n) is 6.66. The number of benzene rings is 1. The first-order chi connectivity index (χ1) is 11.4. The number of piperidine rings is 1. The van der Waals surface area contributed by atoms with Gasteiger partial charge in [-0.3, -0.25) is 0 Å². The molecule has 0 aliphatic carbocycles. The molecule has 0 unspecified atom stereocenters. The topological polar surface area (TPSA) is 77.9 Å². The van der Waals surface area contributed by atoms with Gasteiger partial charge in [-0.2, -0.15) is 4.31 Å². The SMILES string of the molecule is Cc1ccc(S(=O)(=O)N2CCC(N3CCCC3)CC2)cc1C(=O)O. The molecule has 0 saturated carbocycles. The number of carbonyl (C=O) groups is 1. The summed E-state index contributed by atoms with van der Waals surface area (Å²) < 4.78 is 27.1. The molecule has 0 bridgehead atoms. The van der Waals surface area contributed by atoms with E-state index >= 15 is 0 Å². The third kappa shape index (κ3) is 3.34. The van der Waals surface area contributed by atoms with E-state index in [2.05, 4.69) is 4.90 Å². The van der Waals surface area contributed by atoms with E-state index in [1.54, 1.807) is 13.0 Å². The number of aromatic carboxylic acids is 1. The average Bonchev–Trinajstić information content (AvgIpc) is 3.09. The molecule has 6 nitrogen and oxygen atoms in total. The Bertz CT molecular complexity index is 718. The standard InChI is InChI=1S/C17H24N2O4S/c1-13-4-5-15(12-16(13)17(20)21)24(22,23)19-10-6-14(7-11-19)18-8-2-3-9-18/h4-5,12,14H,2-3,6-11H2,1H3,(H,20,21). The smallest absolute Gasteiger partial charge is 0.335 e. The normalized spacial score (nSPS) is 21.2. The fourth-order valence-corrected chi connectivity index (χ4v) is 5.19. The zero-order chi connectivity index (χ0) is 17.3. The Morgan fingerprint density at radius 3 is 2.33 bits per heavy atom. The van der Waals surface area contributed by atoms with E-state index in [0.717, 1.165) is 25.9 Å². The van der Waals surface area contributed by atoms with Crippen molar-refractivity contribution in [2.45, 2.75) is 43.5 Å². The van der Waals surface area contributed by atoms with Crippen molar-refractivity contribution in [1.82, 2.24) is 9.21 Å². The third-order valence-corrected chi connectivity index (χ3v) is 7.05. The first-order valence-electron chi connectivity index (χ1n) is 8.48. The van der Waals surface area contributed by atoms with Gasteiger partial charge in [0.25, 0.3) is 0 Å². The number of carboxylic acids is 1. The van der Waals surface area contributed by atoms with Gasteiger partial charge >= 0.3 is 5.97 Å². The molecule has 0 radical (unpaired) electrons. The summed E-state index contributed by atoms with van der Waals surface area (Å²) in [7, 11) is -3.63. The Morgan fingerprint density at radius 1 is 1.12 bits per heavy atom. The van der Waals surface area contributed by atoms with E-state index < -0.39 is 16.0 Å². The number of sulfonamides is 1. The second-order valence-corrected chi connectivity index (χ2v) is 8.60. The minimum absolute atomic E-state index is 0.0445. The molecule has 3 rings (SSSR count). The maximum atomic E-state index is 12.8. The van der Waals surface area contributed by atoms with Gasteiger partial charge in [-0.05, 0) is 63.4 Å². The molecule has 0 atom stereocenters. The summed E-state index contributed by atoms with van der Waals surface area (Å²) in [5, 5.41) is 9.21. The molecule has 132 valence electrons. The van der Waals surface area contributed by atoms with Crippen LogP contribution in [0.5, 0.6) is 0 Å². The summed E-state index contributed by atoms with van der Waals surface area (Å²) in [6.07, 6.45) is 4.16. The molecule has 1 aromatic carbocycles. The Labute approximate surface area is 143 Å². The lowest BCUT2D eigenvalue weighted by Gasteiger charge is -2.36. The van der Waals surface area contributed by atoms with Gasteiger partial charge in [-0.25, -0.2) is 13.2 Å². The summed E-state index contributed by atoms with van der Waals surface area (Å²) in [5.74, 6) is -1.10. The number of nitrogens with zero attached hydrogens (tertiary/aromatic N) is 2. The minimum atomic E-state index is -3.63. The first kappa shape index (κ1) is 17.4. The summed E-state index contributed by atoms with van der Waals surface area (Å²) in [6, 6.07) is 4.82. The van der Waals surface area contributed by atoms with E-state index in [0.29, 0.717) is 24.7 Å². The zero-order valence-electron chi connectivity index (χ0n) is 13.9. The predicted molar refractivity (Wildman–Crippen MR) is 90.7 cm³/mol. The van der Waals surface area contributed by atoms with Gasteiger partial charge in [-0.1, -0.05) is 6.07 Å². The Balaban J connectivity index is 1.74. The Kier molecular flexibility index (Phi) is 4.94. The molecule has 1 N–H and O–H groups in total. The molecule has 2 saturated heterocycles. The molecule has 1 aromatic rings. The van der Waals surface area contributed by atoms with E-state index in [-0.39, 0.29) is 10.5 Å². The van der Waals surface area contributed by atoms with Crippen LogP contribution in [0.4, 0.5) is 0 Å². The molecule has 0 spiro atoms. The van der Waals surface area contributed by atoms with E-state index in [1.165, 1.54) is 29.3 Å². The lowest BCUT2D eigenvalue weighted by molar-refractivity contribution is 0.0696. The highest BCUT2D eigenvalue weighted by Gasteiger charge is 2.32. The van der Waals surface area contributed by atoms with Crippen molar-refractivity contribution >= 4 is 16.0 Å². The van der Waals surface area contributed by atoms with Crippen LogP contribution in [-0.2, 0) is 10.0 Å². The molecule has 0 amide bonds. The van der Waals surface area contributed by atoms with Crippen LogP contribution >= 0.6 is 0 Å². The molecular formula is C17H24N2O4S. The van der Waals surface area contributed by atoms with Crippen LogP contribution < -0.4 is 0 Å². The van der Waals surface area contributed by atoms with Crippen LogP contribution in [0.15, 0.2) is 23.1 Å². The second kappa shape index (κ2) is 6.82. The van der Waals surface area contributed by atoms with Gasteiger partial charge in [0.05, 0.1) is 10.5 Å². The number of carboxylic acid groups (broad SMARTS) is 1. The van der Waals surface area contributed by atoms with Crippen LogP contribution in [0.25, 0.3) is 0 Å². The van der Waals surface area contributed by atoms with E-state index in [1.807, 2.05) is 0 Å². The van der Waals surface area contributed by atoms with Gasteiger partial charge in [0.1, 0.15) is 0 Å². The van der Waals surface area contributed by atoms with Crippen molar-refractivity contribution in [3.05, 3.63) is 29.3 Å². The summed E-state index contributed by atoms with van der Waals surface area (Å²) in [4.78, 5) is 13.8. The zero-order valence-corrected chi connectivity index (χ0v) is 14.8. The lowest BCUT2D eigenvalue weighted by atomic mass is 10.1. The first-order valence-corrected chi connectivity index (χ1v) is 9.92. The summed E-state index contributed by atoms with van der Waals surface area (Å²) in [5.41, 5.74) is 0.609. The summed E-state index contributed by atoms with van der Waals surface area (Å²) >= 11 is 0. The van der Waals surface area contributed by atoms with Crippen LogP contribution in [0.2, 0.25) is 0 Å². The van der Waals surface area contributed by atoms with Gasteiger partial charge in [0, 0.05) is 19.1 Å². The van der Waals surface area contributed by atoms with Crippen molar-refractivity contribution in [3.8, 4) is 0 Å². The van der Waals surface area contributed by atoms with Crippen LogP contribution in [0.1, 0.15) is 41.6 Å². The average molecular weight is 352 g/mol. The molecule has 24 heavy (non-hydrogen) atoms. The Morgan fingerprint density at radius 2 is 1.75 bits per heavy atom. The van der Waals surface area contributed by atoms with Crippen molar-refractivity contribution in [3.63, 3.8) is 0 Å². The minimum Gasteiger partial charge on any atom is -0.478 e. The highest BCUT2D eigenvalue weighted by molar-refractivity contribution is 7.89. The molecule has 2 heterocycles. The maximum absolute atomic E-state index is 12.8. The number of hydrogen-bond donors (Lipinski definition) is 1. The van der Waals surface area contributed by atoms with Crippen molar-refractivity contribution in [2.24, 2.45) is 0 Å². The molecule has 7 heteroatoms. The molecule has 0 aromatic heterocycles. The fourth-order valence-electron chi connectivity index (χ4n) is 3.70. The summed E-state index contributed by atoms with van der Waals surface area (Å²) in [6.45, 7) is 4.91. The number of hydrogen-bond acceptors (Lipinski definition) is 4. The number of aryl methyl sites for hydroxylation is 1. The highest BCUT2D eigenvalue weighted by Crippen LogP contribution is 2.26. The molecule has 2 aliphatic rings. The molecular weight excluding hydrogens is 328 g/mol.